The van der Waals surface area contributed by atoms with E-state index in [1.165, 1.54) is 35.0 Å². The molecule has 1 N–H and O–H groups in total. The number of pyridine rings is 1. The molecule has 2 heterocycles. The van der Waals surface area contributed by atoms with Gasteiger partial charge in [-0.05, 0) is 18.6 Å². The average Bonchev–Trinajstić information content (AvgIpc) is 3.02. The Labute approximate surface area is 147 Å². The van der Waals surface area contributed by atoms with Crippen LogP contribution in [0.2, 0.25) is 0 Å². The van der Waals surface area contributed by atoms with Gasteiger partial charge in [-0.25, -0.2) is 0 Å². The molecule has 0 unspecified atom stereocenters. The van der Waals surface area contributed by atoms with Crippen molar-refractivity contribution in [2.45, 2.75) is 13.5 Å². The van der Waals surface area contributed by atoms with Crippen LogP contribution in [0.15, 0.2) is 58.0 Å². The van der Waals surface area contributed by atoms with Crippen molar-refractivity contribution in [1.82, 2.24) is 9.72 Å². The van der Waals surface area contributed by atoms with Gasteiger partial charge in [0.15, 0.2) is 5.82 Å². The van der Waals surface area contributed by atoms with Crippen LogP contribution in [-0.2, 0) is 6.54 Å². The molecule has 0 aliphatic rings. The molecule has 0 fully saturated rings. The molecule has 9 heteroatoms. The molecule has 1 amide bonds. The lowest BCUT2D eigenvalue weighted by Crippen LogP contribution is -2.22. The van der Waals surface area contributed by atoms with Crippen LogP contribution in [0.3, 0.4) is 0 Å². The molecule has 0 saturated carbocycles. The number of aryl methyl sites for hydroxylation is 1. The highest BCUT2D eigenvalue weighted by molar-refractivity contribution is 6.03. The Kier molecular flexibility index (Phi) is 4.61. The third kappa shape index (κ3) is 3.83. The second-order valence-electron chi connectivity index (χ2n) is 5.59. The first kappa shape index (κ1) is 17.1. The monoisotopic (exact) mass is 354 g/mol. The number of nitrogens with zero attached hydrogens (tertiary/aromatic N) is 3. The summed E-state index contributed by atoms with van der Waals surface area (Å²) in [6, 6.07) is 10.2. The van der Waals surface area contributed by atoms with Gasteiger partial charge in [-0.15, -0.1) is 0 Å². The topological polar surface area (TPSA) is 120 Å². The van der Waals surface area contributed by atoms with E-state index in [0.29, 0.717) is 11.3 Å². The van der Waals surface area contributed by atoms with Crippen molar-refractivity contribution in [3.05, 3.63) is 86.0 Å². The van der Waals surface area contributed by atoms with Crippen LogP contribution in [0.5, 0.6) is 0 Å². The van der Waals surface area contributed by atoms with Crippen molar-refractivity contribution in [2.75, 3.05) is 5.32 Å². The quantitative estimate of drug-likeness (QED) is 0.555. The molecule has 1 aromatic carbocycles. The summed E-state index contributed by atoms with van der Waals surface area (Å²) in [5.41, 5.74) is 0.429. The van der Waals surface area contributed by atoms with Crippen LogP contribution >= 0.6 is 0 Å². The predicted molar refractivity (Wildman–Crippen MR) is 92.1 cm³/mol. The van der Waals surface area contributed by atoms with Crippen molar-refractivity contribution in [2.24, 2.45) is 0 Å². The molecule has 3 rings (SSSR count). The van der Waals surface area contributed by atoms with E-state index >= 15 is 0 Å². The number of carbonyl (C=O) groups is 1. The molecular weight excluding hydrogens is 340 g/mol. The molecule has 0 aliphatic heterocycles. The number of anilines is 1. The highest BCUT2D eigenvalue weighted by Crippen LogP contribution is 2.14. The number of nitro benzene ring substituents is 1. The maximum Gasteiger partial charge on any atom is 0.269 e. The van der Waals surface area contributed by atoms with Gasteiger partial charge in [0.2, 0.25) is 0 Å². The lowest BCUT2D eigenvalue weighted by atomic mass is 10.2. The van der Waals surface area contributed by atoms with E-state index in [4.69, 9.17) is 4.52 Å². The van der Waals surface area contributed by atoms with E-state index in [1.807, 2.05) is 0 Å². The van der Waals surface area contributed by atoms with Crippen molar-refractivity contribution in [3.63, 3.8) is 0 Å². The highest BCUT2D eigenvalue weighted by atomic mass is 16.6. The zero-order valence-corrected chi connectivity index (χ0v) is 13.7. The van der Waals surface area contributed by atoms with Gasteiger partial charge in [0.05, 0.1) is 17.0 Å². The maximum absolute atomic E-state index is 12.3. The van der Waals surface area contributed by atoms with Crippen molar-refractivity contribution in [1.29, 1.82) is 0 Å². The molecule has 3 aromatic rings. The number of amides is 1. The smallest absolute Gasteiger partial charge is 0.269 e. The summed E-state index contributed by atoms with van der Waals surface area (Å²) in [6.45, 7) is 1.80. The Morgan fingerprint density at radius 2 is 2.12 bits per heavy atom. The molecule has 2 aromatic heterocycles. The SMILES string of the molecule is Cc1cc(NC(=O)c2ccc(=O)n(Cc3cccc([N+](=O)[O-])c3)c2)no1. The second kappa shape index (κ2) is 7.01. The molecule has 0 bridgehead atoms. The number of benzene rings is 1. The minimum absolute atomic E-state index is 0.0640. The number of hydrogen-bond donors (Lipinski definition) is 1. The number of rotatable bonds is 5. The summed E-state index contributed by atoms with van der Waals surface area (Å²) in [6.07, 6.45) is 1.39. The fourth-order valence-electron chi connectivity index (χ4n) is 2.37. The molecule has 9 nitrogen and oxygen atoms in total. The lowest BCUT2D eigenvalue weighted by molar-refractivity contribution is -0.384. The van der Waals surface area contributed by atoms with Crippen LogP contribution in [0.1, 0.15) is 21.7 Å². The summed E-state index contributed by atoms with van der Waals surface area (Å²) >= 11 is 0. The van der Waals surface area contributed by atoms with Crippen LogP contribution in [0, 0.1) is 17.0 Å². The number of non-ortho nitro benzene ring substituents is 1. The first-order valence-corrected chi connectivity index (χ1v) is 7.61. The van der Waals surface area contributed by atoms with E-state index in [9.17, 15) is 19.7 Å². The number of nitrogens with one attached hydrogen (secondary N) is 1. The molecule has 0 atom stereocenters. The van der Waals surface area contributed by atoms with Gasteiger partial charge < -0.3 is 14.4 Å². The largest absolute Gasteiger partial charge is 0.360 e. The Morgan fingerprint density at radius 1 is 1.31 bits per heavy atom. The summed E-state index contributed by atoms with van der Waals surface area (Å²) in [5, 5.41) is 17.1. The van der Waals surface area contributed by atoms with Gasteiger partial charge >= 0.3 is 0 Å². The molecular formula is C17H14N4O5. The first-order chi connectivity index (χ1) is 12.4. The molecule has 0 aliphatic carbocycles. The molecule has 0 spiro atoms. The maximum atomic E-state index is 12.3. The third-order valence-corrected chi connectivity index (χ3v) is 3.59. The fraction of sp³-hybridized carbons (Fsp3) is 0.118. The normalized spacial score (nSPS) is 10.5. The van der Waals surface area contributed by atoms with Gasteiger partial charge in [0, 0.05) is 30.5 Å². The van der Waals surface area contributed by atoms with Crippen molar-refractivity contribution in [3.8, 4) is 0 Å². The highest BCUT2D eigenvalue weighted by Gasteiger charge is 2.12. The van der Waals surface area contributed by atoms with Gasteiger partial charge in [-0.3, -0.25) is 19.7 Å². The molecule has 0 radical (unpaired) electrons. The number of aromatic nitrogens is 2. The second-order valence-corrected chi connectivity index (χ2v) is 5.59. The van der Waals surface area contributed by atoms with Gasteiger partial charge in [-0.2, -0.15) is 0 Å². The minimum Gasteiger partial charge on any atom is -0.360 e. The van der Waals surface area contributed by atoms with Gasteiger partial charge in [0.25, 0.3) is 17.2 Å². The minimum atomic E-state index is -0.504. The zero-order valence-electron chi connectivity index (χ0n) is 13.7. The summed E-state index contributed by atoms with van der Waals surface area (Å²) in [4.78, 5) is 34.7. The van der Waals surface area contributed by atoms with Crippen molar-refractivity contribution >= 4 is 17.4 Å². The Hall–Kier alpha value is -3.75. The zero-order chi connectivity index (χ0) is 18.7. The Bertz CT molecular complexity index is 1040. The van der Waals surface area contributed by atoms with Crippen LogP contribution in [-0.4, -0.2) is 20.6 Å². The molecule has 132 valence electrons. The first-order valence-electron chi connectivity index (χ1n) is 7.61. The summed E-state index contributed by atoms with van der Waals surface area (Å²) in [5.74, 6) is 0.367. The Morgan fingerprint density at radius 3 is 2.81 bits per heavy atom. The van der Waals surface area contributed by atoms with E-state index in [0.717, 1.165) is 0 Å². The predicted octanol–water partition coefficient (Wildman–Crippen LogP) is 2.35. The van der Waals surface area contributed by atoms with E-state index in [2.05, 4.69) is 10.5 Å². The molecule has 26 heavy (non-hydrogen) atoms. The fourth-order valence-corrected chi connectivity index (χ4v) is 2.37. The van der Waals surface area contributed by atoms with Crippen molar-refractivity contribution < 1.29 is 14.2 Å². The van der Waals surface area contributed by atoms with Crippen LogP contribution < -0.4 is 10.9 Å². The van der Waals surface area contributed by atoms with E-state index in [-0.39, 0.29) is 29.2 Å². The van der Waals surface area contributed by atoms with Gasteiger partial charge in [0.1, 0.15) is 5.76 Å². The number of hydrogen-bond acceptors (Lipinski definition) is 6. The van der Waals surface area contributed by atoms with Gasteiger partial charge in [-0.1, -0.05) is 17.3 Å². The third-order valence-electron chi connectivity index (χ3n) is 3.59. The lowest BCUT2D eigenvalue weighted by Gasteiger charge is -2.08. The summed E-state index contributed by atoms with van der Waals surface area (Å²) < 4.78 is 6.19. The van der Waals surface area contributed by atoms with Crippen LogP contribution in [0.25, 0.3) is 0 Å². The van der Waals surface area contributed by atoms with E-state index < -0.39 is 10.8 Å². The summed E-state index contributed by atoms with van der Waals surface area (Å²) in [7, 11) is 0. The standard InChI is InChI=1S/C17H14N4O5/c1-11-7-15(19-26-11)18-17(23)13-5-6-16(22)20(10-13)9-12-3-2-4-14(8-12)21(24)25/h2-8,10H,9H2,1H3,(H,18,19,23). The Balaban J connectivity index is 1.83. The van der Waals surface area contributed by atoms with Crippen LogP contribution in [0.4, 0.5) is 11.5 Å². The average molecular weight is 354 g/mol. The van der Waals surface area contributed by atoms with E-state index in [1.54, 1.807) is 25.1 Å². The molecule has 0 saturated heterocycles. The number of nitro groups is 1. The number of carbonyl (C=O) groups excluding carboxylic acids is 1.